The number of nitrogens with zero attached hydrogens (tertiary/aromatic N) is 2. The van der Waals surface area contributed by atoms with Crippen LogP contribution in [0, 0.1) is 0 Å². The summed E-state index contributed by atoms with van der Waals surface area (Å²) in [6, 6.07) is 1.90. The molecule has 0 radical (unpaired) electrons. The molecule has 4 nitrogen and oxygen atoms in total. The number of hydrogen-bond donors (Lipinski definition) is 0. The van der Waals surface area contributed by atoms with Crippen LogP contribution in [0.3, 0.4) is 0 Å². The highest BCUT2D eigenvalue weighted by Crippen LogP contribution is 2.35. The molecular weight excluding hydrogens is 272 g/mol. The van der Waals surface area contributed by atoms with Crippen LogP contribution in [0.1, 0.15) is 5.56 Å². The van der Waals surface area contributed by atoms with E-state index in [9.17, 15) is 4.79 Å². The van der Waals surface area contributed by atoms with Gasteiger partial charge in [-0.05, 0) is 22.0 Å². The van der Waals surface area contributed by atoms with Gasteiger partial charge in [0.25, 0.3) is 0 Å². The van der Waals surface area contributed by atoms with E-state index in [1.165, 1.54) is 0 Å². The molecule has 2 aromatic rings. The lowest BCUT2D eigenvalue weighted by Gasteiger charge is -2.09. The lowest BCUT2D eigenvalue weighted by atomic mass is 10.1. The van der Waals surface area contributed by atoms with Crippen LogP contribution in [0.15, 0.2) is 16.7 Å². The number of carbonyl (C=O) groups is 1. The fraction of sp³-hybridized carbons (Fsp3) is 0.273. The van der Waals surface area contributed by atoms with Crippen molar-refractivity contribution in [2.75, 3.05) is 7.11 Å². The van der Waals surface area contributed by atoms with Gasteiger partial charge in [-0.15, -0.1) is 0 Å². The summed E-state index contributed by atoms with van der Waals surface area (Å²) in [5.41, 5.74) is 1.86. The summed E-state index contributed by atoms with van der Waals surface area (Å²) < 4.78 is 7.83. The fourth-order valence-corrected chi connectivity index (χ4v) is 2.43. The molecule has 0 saturated heterocycles. The van der Waals surface area contributed by atoms with Crippen LogP contribution in [0.25, 0.3) is 10.9 Å². The number of fused-ring (bicyclic) bond motifs is 1. The summed E-state index contributed by atoms with van der Waals surface area (Å²) in [6.07, 6.45) is 2.98. The fourth-order valence-electron chi connectivity index (χ4n) is 1.81. The van der Waals surface area contributed by atoms with Crippen molar-refractivity contribution in [3.8, 4) is 5.75 Å². The second-order valence-electron chi connectivity index (χ2n) is 3.45. The maximum atomic E-state index is 10.7. The molecule has 1 aromatic carbocycles. The molecule has 16 heavy (non-hydrogen) atoms. The summed E-state index contributed by atoms with van der Waals surface area (Å²) in [7, 11) is 3.46. The van der Waals surface area contributed by atoms with E-state index in [1.54, 1.807) is 18.0 Å². The molecule has 0 saturated carbocycles. The van der Waals surface area contributed by atoms with E-state index in [-0.39, 0.29) is 0 Å². The topological polar surface area (TPSA) is 44.1 Å². The Morgan fingerprint density at radius 2 is 2.38 bits per heavy atom. The third kappa shape index (κ3) is 1.61. The standard InChI is InChI=1S/C11H11BrN2O2/c1-14-11-7(6-13-14)5-9(16-2)10(12)8(11)3-4-15/h4-6H,3H2,1-2H3. The van der Waals surface area contributed by atoms with E-state index >= 15 is 0 Å². The summed E-state index contributed by atoms with van der Waals surface area (Å²) in [4.78, 5) is 10.7. The number of rotatable bonds is 3. The first kappa shape index (κ1) is 11.1. The quantitative estimate of drug-likeness (QED) is 0.810. The van der Waals surface area contributed by atoms with Gasteiger partial charge < -0.3 is 9.53 Å². The maximum absolute atomic E-state index is 10.7. The number of hydrogen-bond acceptors (Lipinski definition) is 3. The molecule has 5 heteroatoms. The van der Waals surface area contributed by atoms with Crippen molar-refractivity contribution in [3.63, 3.8) is 0 Å². The van der Waals surface area contributed by atoms with Crippen molar-refractivity contribution in [1.29, 1.82) is 0 Å². The third-order valence-corrected chi connectivity index (χ3v) is 3.40. The smallest absolute Gasteiger partial charge is 0.134 e. The third-order valence-electron chi connectivity index (χ3n) is 2.53. The minimum atomic E-state index is 0.341. The largest absolute Gasteiger partial charge is 0.496 e. The Morgan fingerprint density at radius 3 is 3.00 bits per heavy atom. The minimum Gasteiger partial charge on any atom is -0.496 e. The molecule has 0 bridgehead atoms. The van der Waals surface area contributed by atoms with Crippen LogP contribution < -0.4 is 4.74 Å². The first-order chi connectivity index (χ1) is 7.69. The highest BCUT2D eigenvalue weighted by atomic mass is 79.9. The Hall–Kier alpha value is -1.36. The van der Waals surface area contributed by atoms with E-state index < -0.39 is 0 Å². The van der Waals surface area contributed by atoms with Crippen molar-refractivity contribution < 1.29 is 9.53 Å². The Labute approximate surface area is 101 Å². The van der Waals surface area contributed by atoms with E-state index in [1.807, 2.05) is 13.1 Å². The predicted octanol–water partition coefficient (Wildman–Crippen LogP) is 2.09. The lowest BCUT2D eigenvalue weighted by Crippen LogP contribution is -1.98. The molecule has 0 amide bonds. The van der Waals surface area contributed by atoms with Crippen LogP contribution >= 0.6 is 15.9 Å². The molecule has 0 fully saturated rings. The Bertz CT molecular complexity index is 548. The monoisotopic (exact) mass is 282 g/mol. The van der Waals surface area contributed by atoms with Crippen LogP contribution in [-0.2, 0) is 18.3 Å². The molecule has 84 valence electrons. The number of ether oxygens (including phenoxy) is 1. The predicted molar refractivity (Wildman–Crippen MR) is 64.7 cm³/mol. The minimum absolute atomic E-state index is 0.341. The second-order valence-corrected chi connectivity index (χ2v) is 4.24. The van der Waals surface area contributed by atoms with Gasteiger partial charge in [-0.2, -0.15) is 5.10 Å². The highest BCUT2D eigenvalue weighted by molar-refractivity contribution is 9.10. The van der Waals surface area contributed by atoms with Gasteiger partial charge in [-0.25, -0.2) is 0 Å². The van der Waals surface area contributed by atoms with Crippen LogP contribution in [-0.4, -0.2) is 23.2 Å². The average Bonchev–Trinajstić information content (AvgIpc) is 2.64. The van der Waals surface area contributed by atoms with Crippen molar-refractivity contribution >= 4 is 33.1 Å². The van der Waals surface area contributed by atoms with Gasteiger partial charge >= 0.3 is 0 Å². The first-order valence-electron chi connectivity index (χ1n) is 4.79. The zero-order valence-electron chi connectivity index (χ0n) is 9.03. The number of aromatic nitrogens is 2. The highest BCUT2D eigenvalue weighted by Gasteiger charge is 2.14. The molecule has 0 aliphatic heterocycles. The molecule has 1 aromatic heterocycles. The first-order valence-corrected chi connectivity index (χ1v) is 5.59. The van der Waals surface area contributed by atoms with E-state index in [4.69, 9.17) is 4.74 Å². The lowest BCUT2D eigenvalue weighted by molar-refractivity contribution is -0.107. The van der Waals surface area contributed by atoms with Crippen LogP contribution in [0.5, 0.6) is 5.75 Å². The van der Waals surface area contributed by atoms with E-state index in [0.717, 1.165) is 33.0 Å². The van der Waals surface area contributed by atoms with Crippen molar-refractivity contribution in [2.24, 2.45) is 7.05 Å². The Kier molecular flexibility index (Phi) is 2.96. The molecular formula is C11H11BrN2O2. The number of methoxy groups -OCH3 is 1. The number of halogens is 1. The summed E-state index contributed by atoms with van der Waals surface area (Å²) >= 11 is 3.46. The van der Waals surface area contributed by atoms with E-state index in [0.29, 0.717) is 6.42 Å². The second kappa shape index (κ2) is 4.25. The Balaban J connectivity index is 2.82. The van der Waals surface area contributed by atoms with E-state index in [2.05, 4.69) is 21.0 Å². The van der Waals surface area contributed by atoms with Gasteiger partial charge in [0.1, 0.15) is 12.0 Å². The molecule has 0 N–H and O–H groups in total. The molecule has 0 atom stereocenters. The zero-order valence-corrected chi connectivity index (χ0v) is 10.6. The van der Waals surface area contributed by atoms with Crippen molar-refractivity contribution in [3.05, 3.63) is 22.3 Å². The van der Waals surface area contributed by atoms with Gasteiger partial charge in [-0.1, -0.05) is 0 Å². The molecule has 1 heterocycles. The van der Waals surface area contributed by atoms with Crippen LogP contribution in [0.4, 0.5) is 0 Å². The molecule has 0 spiro atoms. The molecule has 0 aliphatic rings. The molecule has 2 rings (SSSR count). The number of aryl methyl sites for hydroxylation is 1. The van der Waals surface area contributed by atoms with Crippen molar-refractivity contribution in [1.82, 2.24) is 9.78 Å². The molecule has 0 unspecified atom stereocenters. The molecule has 0 aliphatic carbocycles. The summed E-state index contributed by atoms with van der Waals surface area (Å²) in [5.74, 6) is 0.720. The number of carbonyl (C=O) groups excluding carboxylic acids is 1. The normalized spacial score (nSPS) is 10.7. The van der Waals surface area contributed by atoms with Gasteiger partial charge in [0.2, 0.25) is 0 Å². The van der Waals surface area contributed by atoms with Gasteiger partial charge in [0.15, 0.2) is 0 Å². The van der Waals surface area contributed by atoms with Crippen molar-refractivity contribution in [2.45, 2.75) is 6.42 Å². The maximum Gasteiger partial charge on any atom is 0.134 e. The summed E-state index contributed by atoms with van der Waals surface area (Å²) in [5, 5.41) is 5.15. The number of benzene rings is 1. The zero-order chi connectivity index (χ0) is 11.7. The summed E-state index contributed by atoms with van der Waals surface area (Å²) in [6.45, 7) is 0. The van der Waals surface area contributed by atoms with Crippen LogP contribution in [0.2, 0.25) is 0 Å². The van der Waals surface area contributed by atoms with Gasteiger partial charge in [0, 0.05) is 24.4 Å². The van der Waals surface area contributed by atoms with Gasteiger partial charge in [0.05, 0.1) is 23.3 Å². The Morgan fingerprint density at radius 1 is 1.62 bits per heavy atom. The average molecular weight is 283 g/mol. The number of aldehydes is 1. The SMILES string of the molecule is COc1cc2cnn(C)c2c(CC=O)c1Br. The van der Waals surface area contributed by atoms with Gasteiger partial charge in [-0.3, -0.25) is 4.68 Å².